The Balaban J connectivity index is 1.91. The lowest BCUT2D eigenvalue weighted by Crippen LogP contribution is -2.42. The molecule has 1 saturated heterocycles. The fourth-order valence-electron chi connectivity index (χ4n) is 4.41. The molecule has 176 valence electrons. The van der Waals surface area contributed by atoms with Crippen LogP contribution in [0, 0.1) is 0 Å². The maximum Gasteiger partial charge on any atom is 0.332 e. The standard InChI is InChI=1S/C25H30N2O6/c1-16(15-28)18-5-6-21-20(13-18)24(29)26(25(30)27(21)19-8-10-33-11-9-19)14-17-4-7-22(31-2)23(12-17)32-3/h4-7,12-13,16,19,28H,8-11,14-15H2,1-3H3/t16-/m0/s1. The van der Waals surface area contributed by atoms with Crippen molar-refractivity contribution in [2.45, 2.75) is 38.3 Å². The van der Waals surface area contributed by atoms with Gasteiger partial charge in [0.2, 0.25) is 0 Å². The van der Waals surface area contributed by atoms with Crippen molar-refractivity contribution in [1.82, 2.24) is 9.13 Å². The van der Waals surface area contributed by atoms with Crippen LogP contribution >= 0.6 is 0 Å². The smallest absolute Gasteiger partial charge is 0.332 e. The third-order valence-corrected chi connectivity index (χ3v) is 6.38. The van der Waals surface area contributed by atoms with E-state index in [-0.39, 0.29) is 36.4 Å². The van der Waals surface area contributed by atoms with Crippen molar-refractivity contribution in [1.29, 1.82) is 0 Å². The van der Waals surface area contributed by atoms with E-state index in [2.05, 4.69) is 0 Å². The fourth-order valence-corrected chi connectivity index (χ4v) is 4.41. The van der Waals surface area contributed by atoms with E-state index in [1.165, 1.54) is 4.57 Å². The summed E-state index contributed by atoms with van der Waals surface area (Å²) >= 11 is 0. The molecule has 2 aromatic carbocycles. The van der Waals surface area contributed by atoms with Crippen molar-refractivity contribution >= 4 is 10.9 Å². The number of rotatable bonds is 7. The highest BCUT2D eigenvalue weighted by Crippen LogP contribution is 2.28. The minimum atomic E-state index is -0.347. The number of aliphatic hydroxyl groups is 1. The molecule has 0 aliphatic carbocycles. The first-order chi connectivity index (χ1) is 16.0. The van der Waals surface area contributed by atoms with Gasteiger partial charge in [-0.25, -0.2) is 4.79 Å². The van der Waals surface area contributed by atoms with E-state index in [1.54, 1.807) is 37.0 Å². The molecule has 0 spiro atoms. The van der Waals surface area contributed by atoms with Gasteiger partial charge in [0.15, 0.2) is 11.5 Å². The zero-order valence-electron chi connectivity index (χ0n) is 19.2. The maximum atomic E-state index is 13.6. The third-order valence-electron chi connectivity index (χ3n) is 6.38. The normalized spacial score (nSPS) is 15.5. The van der Waals surface area contributed by atoms with Crippen LogP contribution in [0.2, 0.25) is 0 Å². The van der Waals surface area contributed by atoms with E-state index in [4.69, 9.17) is 14.2 Å². The molecule has 2 heterocycles. The number of benzene rings is 2. The molecule has 1 aliphatic heterocycles. The van der Waals surface area contributed by atoms with Crippen molar-refractivity contribution in [2.75, 3.05) is 34.0 Å². The molecule has 1 aliphatic rings. The monoisotopic (exact) mass is 454 g/mol. The maximum absolute atomic E-state index is 13.6. The number of nitrogens with zero attached hydrogens (tertiary/aromatic N) is 2. The Hall–Kier alpha value is -3.10. The highest BCUT2D eigenvalue weighted by atomic mass is 16.5. The first-order valence-electron chi connectivity index (χ1n) is 11.2. The van der Waals surface area contributed by atoms with Crippen LogP contribution in [0.5, 0.6) is 11.5 Å². The van der Waals surface area contributed by atoms with E-state index in [9.17, 15) is 14.7 Å². The van der Waals surface area contributed by atoms with Gasteiger partial charge < -0.3 is 19.3 Å². The lowest BCUT2D eigenvalue weighted by Gasteiger charge is -2.26. The van der Waals surface area contributed by atoms with E-state index in [0.717, 1.165) is 11.1 Å². The van der Waals surface area contributed by atoms with E-state index >= 15 is 0 Å². The molecule has 1 N–H and O–H groups in total. The van der Waals surface area contributed by atoms with Crippen LogP contribution in [-0.4, -0.2) is 48.3 Å². The van der Waals surface area contributed by atoms with Crippen LogP contribution in [-0.2, 0) is 11.3 Å². The zero-order chi connectivity index (χ0) is 23.5. The van der Waals surface area contributed by atoms with Gasteiger partial charge in [-0.1, -0.05) is 19.1 Å². The predicted octanol–water partition coefficient (Wildman–Crippen LogP) is 2.68. The van der Waals surface area contributed by atoms with Crippen molar-refractivity contribution < 1.29 is 19.3 Å². The molecule has 8 heteroatoms. The second-order valence-corrected chi connectivity index (χ2v) is 8.44. The minimum absolute atomic E-state index is 0.0229. The van der Waals surface area contributed by atoms with Crippen LogP contribution in [0.15, 0.2) is 46.0 Å². The molecule has 33 heavy (non-hydrogen) atoms. The molecular formula is C25H30N2O6. The van der Waals surface area contributed by atoms with Gasteiger partial charge in [-0.05, 0) is 48.2 Å². The van der Waals surface area contributed by atoms with Crippen molar-refractivity contribution in [2.24, 2.45) is 0 Å². The van der Waals surface area contributed by atoms with Crippen molar-refractivity contribution in [3.05, 3.63) is 68.4 Å². The van der Waals surface area contributed by atoms with Gasteiger partial charge in [0, 0.05) is 31.8 Å². The Morgan fingerprint density at radius 2 is 1.79 bits per heavy atom. The quantitative estimate of drug-likeness (QED) is 0.590. The molecule has 0 amide bonds. The minimum Gasteiger partial charge on any atom is -0.493 e. The number of methoxy groups -OCH3 is 2. The Morgan fingerprint density at radius 1 is 1.06 bits per heavy atom. The molecule has 1 fully saturated rings. The number of aliphatic hydroxyl groups excluding tert-OH is 1. The molecule has 0 bridgehead atoms. The van der Waals surface area contributed by atoms with Crippen LogP contribution in [0.25, 0.3) is 10.9 Å². The number of hydrogen-bond acceptors (Lipinski definition) is 6. The summed E-state index contributed by atoms with van der Waals surface area (Å²) in [6, 6.07) is 10.8. The summed E-state index contributed by atoms with van der Waals surface area (Å²) in [4.78, 5) is 27.2. The van der Waals surface area contributed by atoms with E-state index < -0.39 is 0 Å². The molecule has 1 aromatic heterocycles. The number of aromatic nitrogens is 2. The molecule has 4 rings (SSSR count). The highest BCUT2D eigenvalue weighted by molar-refractivity contribution is 5.79. The van der Waals surface area contributed by atoms with Gasteiger partial charge in [-0.2, -0.15) is 0 Å². The summed E-state index contributed by atoms with van der Waals surface area (Å²) in [5.74, 6) is 0.999. The lowest BCUT2D eigenvalue weighted by atomic mass is 10.00. The molecule has 0 unspecified atom stereocenters. The van der Waals surface area contributed by atoms with E-state index in [0.29, 0.717) is 48.5 Å². The van der Waals surface area contributed by atoms with Gasteiger partial charge in [-0.15, -0.1) is 0 Å². The van der Waals surface area contributed by atoms with Gasteiger partial charge in [0.05, 0.1) is 31.7 Å². The summed E-state index contributed by atoms with van der Waals surface area (Å²) in [5.41, 5.74) is 1.55. The van der Waals surface area contributed by atoms with Crippen LogP contribution < -0.4 is 20.7 Å². The van der Waals surface area contributed by atoms with E-state index in [1.807, 2.05) is 25.1 Å². The summed E-state index contributed by atoms with van der Waals surface area (Å²) in [7, 11) is 3.11. The molecular weight excluding hydrogens is 424 g/mol. The Labute approximate surface area is 191 Å². The second kappa shape index (κ2) is 9.80. The molecule has 0 radical (unpaired) electrons. The van der Waals surface area contributed by atoms with Gasteiger partial charge >= 0.3 is 5.69 Å². The first-order valence-corrected chi connectivity index (χ1v) is 11.2. The summed E-state index contributed by atoms with van der Waals surface area (Å²) in [6.07, 6.45) is 1.41. The van der Waals surface area contributed by atoms with Gasteiger partial charge in [0.1, 0.15) is 0 Å². The van der Waals surface area contributed by atoms with Crippen LogP contribution in [0.3, 0.4) is 0 Å². The van der Waals surface area contributed by atoms with Crippen molar-refractivity contribution in [3.8, 4) is 11.5 Å². The number of hydrogen-bond donors (Lipinski definition) is 1. The topological polar surface area (TPSA) is 91.9 Å². The second-order valence-electron chi connectivity index (χ2n) is 8.44. The molecule has 8 nitrogen and oxygen atoms in total. The lowest BCUT2D eigenvalue weighted by molar-refractivity contribution is 0.0691. The van der Waals surface area contributed by atoms with Crippen LogP contribution in [0.1, 0.15) is 42.9 Å². The SMILES string of the molecule is COc1ccc(Cn2c(=O)c3cc([C@@H](C)CO)ccc3n(C3CCOCC3)c2=O)cc1OC. The largest absolute Gasteiger partial charge is 0.493 e. The van der Waals surface area contributed by atoms with Crippen molar-refractivity contribution in [3.63, 3.8) is 0 Å². The Bertz CT molecular complexity index is 1260. The first kappa shape index (κ1) is 23.1. The molecule has 1 atom stereocenters. The zero-order valence-corrected chi connectivity index (χ0v) is 19.2. The summed E-state index contributed by atoms with van der Waals surface area (Å²) < 4.78 is 19.2. The highest BCUT2D eigenvalue weighted by Gasteiger charge is 2.23. The Morgan fingerprint density at radius 3 is 2.45 bits per heavy atom. The summed E-state index contributed by atoms with van der Waals surface area (Å²) in [5, 5.41) is 10.1. The predicted molar refractivity (Wildman–Crippen MR) is 126 cm³/mol. The van der Waals surface area contributed by atoms with Gasteiger partial charge in [-0.3, -0.25) is 13.9 Å². The average Bonchev–Trinajstić information content (AvgIpc) is 2.86. The average molecular weight is 455 g/mol. The summed E-state index contributed by atoms with van der Waals surface area (Å²) in [6.45, 7) is 3.14. The third kappa shape index (κ3) is 4.41. The number of ether oxygens (including phenoxy) is 3. The molecule has 3 aromatic rings. The Kier molecular flexibility index (Phi) is 6.85. The number of fused-ring (bicyclic) bond motifs is 1. The molecule has 0 saturated carbocycles. The van der Waals surface area contributed by atoms with Gasteiger partial charge in [0.25, 0.3) is 5.56 Å². The fraction of sp³-hybridized carbons (Fsp3) is 0.440. The van der Waals surface area contributed by atoms with Crippen LogP contribution in [0.4, 0.5) is 0 Å².